The van der Waals surface area contributed by atoms with Crippen molar-refractivity contribution >= 4 is 15.9 Å². The van der Waals surface area contributed by atoms with Crippen molar-refractivity contribution in [2.75, 3.05) is 27.9 Å². The highest BCUT2D eigenvalue weighted by molar-refractivity contribution is 9.10. The van der Waals surface area contributed by atoms with Crippen LogP contribution in [0, 0.1) is 0 Å². The van der Waals surface area contributed by atoms with E-state index in [-0.39, 0.29) is 12.1 Å². The number of halogens is 1. The topological polar surface area (TPSA) is 39.7 Å². The van der Waals surface area contributed by atoms with Crippen molar-refractivity contribution in [1.82, 2.24) is 5.32 Å². The van der Waals surface area contributed by atoms with E-state index in [0.717, 1.165) is 41.0 Å². The molecular weight excluding hydrogens is 310 g/mol. The van der Waals surface area contributed by atoms with Gasteiger partial charge in [-0.2, -0.15) is 0 Å². The first-order valence-electron chi connectivity index (χ1n) is 6.41. The zero-order valence-electron chi connectivity index (χ0n) is 11.5. The summed E-state index contributed by atoms with van der Waals surface area (Å²) in [4.78, 5) is 0. The second-order valence-electron chi connectivity index (χ2n) is 4.55. The number of likely N-dealkylation sites (N-methyl/N-ethyl adjacent to an activating group) is 1. The quantitative estimate of drug-likeness (QED) is 0.901. The van der Waals surface area contributed by atoms with Gasteiger partial charge in [-0.1, -0.05) is 0 Å². The lowest BCUT2D eigenvalue weighted by Gasteiger charge is -2.25. The molecule has 1 aromatic rings. The van der Waals surface area contributed by atoms with Crippen molar-refractivity contribution in [3.63, 3.8) is 0 Å². The van der Waals surface area contributed by atoms with Crippen molar-refractivity contribution in [2.45, 2.75) is 25.0 Å². The maximum absolute atomic E-state index is 5.79. The Bertz CT molecular complexity index is 433. The Kier molecular flexibility index (Phi) is 5.07. The average Bonchev–Trinajstić information content (AvgIpc) is 2.94. The van der Waals surface area contributed by atoms with Gasteiger partial charge in [0.1, 0.15) is 11.5 Å². The predicted molar refractivity (Wildman–Crippen MR) is 78.0 cm³/mol. The number of rotatable bonds is 5. The summed E-state index contributed by atoms with van der Waals surface area (Å²) in [6.45, 7) is 0.832. The van der Waals surface area contributed by atoms with E-state index in [1.54, 1.807) is 14.2 Å². The van der Waals surface area contributed by atoms with Crippen LogP contribution >= 0.6 is 15.9 Å². The lowest BCUT2D eigenvalue weighted by atomic mass is 9.98. The number of methoxy groups -OCH3 is 2. The standard InChI is InChI=1S/C14H20BrNO3/c1-16-14(11-5-4-6-19-11)9-7-13(18-3)10(15)8-12(9)17-2/h7-8,11,14,16H,4-6H2,1-3H3. The number of nitrogens with one attached hydrogen (secondary N) is 1. The maximum atomic E-state index is 5.79. The van der Waals surface area contributed by atoms with Crippen LogP contribution in [-0.2, 0) is 4.74 Å². The minimum atomic E-state index is 0.111. The van der Waals surface area contributed by atoms with Crippen LogP contribution in [0.4, 0.5) is 0 Å². The second-order valence-corrected chi connectivity index (χ2v) is 5.40. The van der Waals surface area contributed by atoms with E-state index in [1.165, 1.54) is 0 Å². The van der Waals surface area contributed by atoms with E-state index >= 15 is 0 Å². The third-order valence-corrected chi connectivity index (χ3v) is 4.11. The van der Waals surface area contributed by atoms with E-state index in [1.807, 2.05) is 19.2 Å². The van der Waals surface area contributed by atoms with Crippen molar-refractivity contribution in [2.24, 2.45) is 0 Å². The summed E-state index contributed by atoms with van der Waals surface area (Å²) in [5.74, 6) is 1.64. The van der Waals surface area contributed by atoms with Crippen LogP contribution < -0.4 is 14.8 Å². The molecule has 2 unspecified atom stereocenters. The summed E-state index contributed by atoms with van der Waals surface area (Å²) in [6.07, 6.45) is 2.36. The van der Waals surface area contributed by atoms with Gasteiger partial charge in [-0.3, -0.25) is 0 Å². The zero-order valence-corrected chi connectivity index (χ0v) is 13.1. The summed E-state index contributed by atoms with van der Waals surface area (Å²) in [7, 11) is 5.29. The van der Waals surface area contributed by atoms with Crippen LogP contribution in [0.5, 0.6) is 11.5 Å². The molecular formula is C14H20BrNO3. The largest absolute Gasteiger partial charge is 0.496 e. The van der Waals surface area contributed by atoms with Gasteiger partial charge < -0.3 is 19.5 Å². The Hall–Kier alpha value is -0.780. The van der Waals surface area contributed by atoms with E-state index in [0.29, 0.717) is 0 Å². The van der Waals surface area contributed by atoms with E-state index in [9.17, 15) is 0 Å². The molecule has 0 saturated carbocycles. The third-order valence-electron chi connectivity index (χ3n) is 3.49. The normalized spacial score (nSPS) is 20.3. The molecule has 2 atom stereocenters. The maximum Gasteiger partial charge on any atom is 0.133 e. The van der Waals surface area contributed by atoms with Gasteiger partial charge in [0, 0.05) is 12.2 Å². The Labute approximate surface area is 122 Å². The molecule has 1 aliphatic rings. The fraction of sp³-hybridized carbons (Fsp3) is 0.571. The Morgan fingerprint density at radius 1 is 1.32 bits per heavy atom. The van der Waals surface area contributed by atoms with E-state index in [4.69, 9.17) is 14.2 Å². The van der Waals surface area contributed by atoms with Gasteiger partial charge in [0.25, 0.3) is 0 Å². The molecule has 0 aliphatic carbocycles. The third kappa shape index (κ3) is 3.04. The van der Waals surface area contributed by atoms with E-state index in [2.05, 4.69) is 21.2 Å². The number of benzene rings is 1. The van der Waals surface area contributed by atoms with Crippen LogP contribution in [0.15, 0.2) is 16.6 Å². The molecule has 19 heavy (non-hydrogen) atoms. The Morgan fingerprint density at radius 2 is 2.05 bits per heavy atom. The lowest BCUT2D eigenvalue weighted by Crippen LogP contribution is -2.29. The molecule has 0 aromatic heterocycles. The molecule has 1 heterocycles. The molecule has 1 aromatic carbocycles. The van der Waals surface area contributed by atoms with E-state index < -0.39 is 0 Å². The van der Waals surface area contributed by atoms with Crippen LogP contribution in [-0.4, -0.2) is 34.0 Å². The first-order valence-corrected chi connectivity index (χ1v) is 7.20. The van der Waals surface area contributed by atoms with Crippen molar-refractivity contribution < 1.29 is 14.2 Å². The Morgan fingerprint density at radius 3 is 2.58 bits per heavy atom. The SMILES string of the molecule is CNC(c1cc(OC)c(Br)cc1OC)C1CCCO1. The second kappa shape index (κ2) is 6.59. The first kappa shape index (κ1) is 14.6. The molecule has 4 nitrogen and oxygen atoms in total. The number of hydrogen-bond acceptors (Lipinski definition) is 4. The predicted octanol–water partition coefficient (Wildman–Crippen LogP) is 2.91. The highest BCUT2D eigenvalue weighted by Crippen LogP contribution is 2.38. The molecule has 0 amide bonds. The van der Waals surface area contributed by atoms with Crippen molar-refractivity contribution in [1.29, 1.82) is 0 Å². The highest BCUT2D eigenvalue weighted by Gasteiger charge is 2.29. The van der Waals surface area contributed by atoms with Crippen LogP contribution in [0.2, 0.25) is 0 Å². The van der Waals surface area contributed by atoms with Gasteiger partial charge in [-0.05, 0) is 48.0 Å². The molecule has 1 saturated heterocycles. The summed E-state index contributed by atoms with van der Waals surface area (Å²) < 4.78 is 17.5. The fourth-order valence-electron chi connectivity index (χ4n) is 2.53. The molecule has 1 aliphatic heterocycles. The molecule has 1 N–H and O–H groups in total. The molecule has 1 fully saturated rings. The van der Waals surface area contributed by atoms with Gasteiger partial charge in [-0.25, -0.2) is 0 Å². The fourth-order valence-corrected chi connectivity index (χ4v) is 3.02. The highest BCUT2D eigenvalue weighted by atomic mass is 79.9. The smallest absolute Gasteiger partial charge is 0.133 e. The summed E-state index contributed by atoms with van der Waals surface area (Å²) >= 11 is 3.48. The van der Waals surface area contributed by atoms with Crippen LogP contribution in [0.25, 0.3) is 0 Å². The van der Waals surface area contributed by atoms with Gasteiger partial charge in [0.15, 0.2) is 0 Å². The van der Waals surface area contributed by atoms with Crippen molar-refractivity contribution in [3.05, 3.63) is 22.2 Å². The molecule has 5 heteroatoms. The summed E-state index contributed by atoms with van der Waals surface area (Å²) in [5.41, 5.74) is 1.07. The average molecular weight is 330 g/mol. The van der Waals surface area contributed by atoms with Crippen LogP contribution in [0.3, 0.4) is 0 Å². The molecule has 0 spiro atoms. The molecule has 0 bridgehead atoms. The van der Waals surface area contributed by atoms with Crippen LogP contribution in [0.1, 0.15) is 24.4 Å². The minimum absolute atomic E-state index is 0.111. The number of ether oxygens (including phenoxy) is 3. The van der Waals surface area contributed by atoms with Gasteiger partial charge in [0.05, 0.1) is 30.8 Å². The molecule has 106 valence electrons. The van der Waals surface area contributed by atoms with Gasteiger partial charge in [-0.15, -0.1) is 0 Å². The summed E-state index contributed by atoms with van der Waals surface area (Å²) in [6, 6.07) is 4.05. The Balaban J connectivity index is 2.39. The summed E-state index contributed by atoms with van der Waals surface area (Å²) in [5, 5.41) is 3.33. The monoisotopic (exact) mass is 329 g/mol. The first-order chi connectivity index (χ1) is 9.21. The molecule has 2 rings (SSSR count). The van der Waals surface area contributed by atoms with Gasteiger partial charge >= 0.3 is 0 Å². The lowest BCUT2D eigenvalue weighted by molar-refractivity contribution is 0.0798. The van der Waals surface area contributed by atoms with Gasteiger partial charge in [0.2, 0.25) is 0 Å². The molecule has 0 radical (unpaired) electrons. The zero-order chi connectivity index (χ0) is 13.8. The number of hydrogen-bond donors (Lipinski definition) is 1. The van der Waals surface area contributed by atoms with Crippen molar-refractivity contribution in [3.8, 4) is 11.5 Å². The minimum Gasteiger partial charge on any atom is -0.496 e.